The number of hydrogen-bond acceptors (Lipinski definition) is 4. The summed E-state index contributed by atoms with van der Waals surface area (Å²) in [5, 5.41) is 8.58. The first-order valence-electron chi connectivity index (χ1n) is 5.68. The molecule has 18 heavy (non-hydrogen) atoms. The number of nitrogens with two attached hydrogens (primary N) is 1. The third-order valence-corrected chi connectivity index (χ3v) is 3.44. The first-order chi connectivity index (χ1) is 8.72. The van der Waals surface area contributed by atoms with Gasteiger partial charge < -0.3 is 11.1 Å². The van der Waals surface area contributed by atoms with Gasteiger partial charge in [-0.2, -0.15) is 11.3 Å². The van der Waals surface area contributed by atoms with Crippen LogP contribution in [0.1, 0.15) is 5.69 Å². The van der Waals surface area contributed by atoms with Gasteiger partial charge in [0.15, 0.2) is 0 Å². The molecule has 0 atom stereocenters. The minimum Gasteiger partial charge on any atom is -0.399 e. The van der Waals surface area contributed by atoms with E-state index in [1.54, 1.807) is 11.3 Å². The fraction of sp³-hybridized carbons (Fsp3) is 0.0714. The van der Waals surface area contributed by atoms with Gasteiger partial charge in [0.2, 0.25) is 0 Å². The molecule has 0 aliphatic rings. The van der Waals surface area contributed by atoms with Gasteiger partial charge in [0, 0.05) is 33.5 Å². The van der Waals surface area contributed by atoms with Crippen LogP contribution in [0.5, 0.6) is 0 Å². The minimum atomic E-state index is 0.751. The topological polar surface area (TPSA) is 50.9 Å². The summed E-state index contributed by atoms with van der Waals surface area (Å²) in [6, 6.07) is 9.88. The second kappa shape index (κ2) is 4.31. The molecule has 0 radical (unpaired) electrons. The molecule has 2 heterocycles. The zero-order valence-electron chi connectivity index (χ0n) is 9.97. The molecule has 1 aromatic carbocycles. The van der Waals surface area contributed by atoms with Crippen LogP contribution >= 0.6 is 11.3 Å². The Bertz CT molecular complexity index is 690. The highest BCUT2D eigenvalue weighted by atomic mass is 32.1. The Morgan fingerprint density at radius 1 is 1.22 bits per heavy atom. The lowest BCUT2D eigenvalue weighted by Gasteiger charge is -2.10. The number of nitrogens with one attached hydrogen (secondary N) is 1. The number of hydrogen-bond donors (Lipinski definition) is 2. The second-order valence-electron chi connectivity index (χ2n) is 4.22. The van der Waals surface area contributed by atoms with Gasteiger partial charge in [-0.25, -0.2) is 0 Å². The van der Waals surface area contributed by atoms with Gasteiger partial charge in [-0.05, 0) is 42.6 Å². The number of benzene rings is 1. The van der Waals surface area contributed by atoms with Gasteiger partial charge in [-0.1, -0.05) is 0 Å². The van der Waals surface area contributed by atoms with E-state index < -0.39 is 0 Å². The molecule has 2 aromatic heterocycles. The minimum absolute atomic E-state index is 0.751. The van der Waals surface area contributed by atoms with Crippen LogP contribution in [0.15, 0.2) is 41.1 Å². The molecular weight excluding hydrogens is 242 g/mol. The van der Waals surface area contributed by atoms with Gasteiger partial charge in [0.25, 0.3) is 0 Å². The van der Waals surface area contributed by atoms with Crippen molar-refractivity contribution in [3.63, 3.8) is 0 Å². The molecule has 0 saturated heterocycles. The molecule has 4 heteroatoms. The van der Waals surface area contributed by atoms with Gasteiger partial charge in [0.1, 0.15) is 0 Å². The van der Waals surface area contributed by atoms with Crippen molar-refractivity contribution in [1.82, 2.24) is 4.98 Å². The van der Waals surface area contributed by atoms with Gasteiger partial charge in [-0.15, -0.1) is 0 Å². The summed E-state index contributed by atoms with van der Waals surface area (Å²) in [7, 11) is 0. The number of pyridine rings is 1. The van der Waals surface area contributed by atoms with Crippen molar-refractivity contribution in [1.29, 1.82) is 0 Å². The third-order valence-electron chi connectivity index (χ3n) is 2.76. The monoisotopic (exact) mass is 255 g/mol. The SMILES string of the molecule is Cc1cc(Nc2ccsc2)c2cc(N)ccc2n1. The highest BCUT2D eigenvalue weighted by Gasteiger charge is 2.05. The fourth-order valence-electron chi connectivity index (χ4n) is 1.97. The van der Waals surface area contributed by atoms with Crippen LogP contribution in [0.4, 0.5) is 17.1 Å². The van der Waals surface area contributed by atoms with Crippen LogP contribution in [-0.2, 0) is 0 Å². The number of thiophene rings is 1. The maximum absolute atomic E-state index is 5.85. The molecule has 0 amide bonds. The van der Waals surface area contributed by atoms with Gasteiger partial charge in [-0.3, -0.25) is 4.98 Å². The first kappa shape index (κ1) is 11.0. The zero-order valence-corrected chi connectivity index (χ0v) is 10.8. The molecule has 0 bridgehead atoms. The molecular formula is C14H13N3S. The zero-order chi connectivity index (χ0) is 12.5. The molecule has 0 aliphatic carbocycles. The molecule has 0 fully saturated rings. The number of nitrogen functional groups attached to an aromatic ring is 1. The van der Waals surface area contributed by atoms with Crippen molar-refractivity contribution in [3.8, 4) is 0 Å². The number of aryl methyl sites for hydroxylation is 1. The molecule has 0 aliphatic heterocycles. The maximum Gasteiger partial charge on any atom is 0.0727 e. The van der Waals surface area contributed by atoms with Crippen LogP contribution in [-0.4, -0.2) is 4.98 Å². The molecule has 3 aromatic rings. The lowest BCUT2D eigenvalue weighted by atomic mass is 10.1. The van der Waals surface area contributed by atoms with Gasteiger partial charge in [0.05, 0.1) is 5.52 Å². The highest BCUT2D eigenvalue weighted by molar-refractivity contribution is 7.08. The highest BCUT2D eigenvalue weighted by Crippen LogP contribution is 2.28. The number of nitrogens with zero attached hydrogens (tertiary/aromatic N) is 1. The van der Waals surface area contributed by atoms with Crippen molar-refractivity contribution in [2.75, 3.05) is 11.1 Å². The van der Waals surface area contributed by atoms with E-state index >= 15 is 0 Å². The summed E-state index contributed by atoms with van der Waals surface area (Å²) in [4.78, 5) is 4.51. The number of rotatable bonds is 2. The van der Waals surface area contributed by atoms with Crippen molar-refractivity contribution >= 4 is 39.3 Å². The van der Waals surface area contributed by atoms with Crippen molar-refractivity contribution in [2.45, 2.75) is 6.92 Å². The van der Waals surface area contributed by atoms with E-state index in [0.717, 1.165) is 33.7 Å². The predicted octanol–water partition coefficient (Wildman–Crippen LogP) is 3.93. The number of aromatic nitrogens is 1. The lowest BCUT2D eigenvalue weighted by Crippen LogP contribution is -1.94. The molecule has 3 nitrogen and oxygen atoms in total. The third kappa shape index (κ3) is 2.02. The fourth-order valence-corrected chi connectivity index (χ4v) is 2.56. The summed E-state index contributed by atoms with van der Waals surface area (Å²) in [5.41, 5.74) is 10.7. The van der Waals surface area contributed by atoms with Crippen LogP contribution in [0.25, 0.3) is 10.9 Å². The standard InChI is InChI=1S/C14H13N3S/c1-9-6-14(17-11-4-5-18-8-11)12-7-10(15)2-3-13(12)16-9/h2-8H,15H2,1H3,(H,16,17). The van der Waals surface area contributed by atoms with Crippen LogP contribution in [0.3, 0.4) is 0 Å². The number of anilines is 3. The van der Waals surface area contributed by atoms with Crippen LogP contribution in [0.2, 0.25) is 0 Å². The summed E-state index contributed by atoms with van der Waals surface area (Å²) < 4.78 is 0. The Labute approximate surface area is 109 Å². The van der Waals surface area contributed by atoms with E-state index in [1.165, 1.54) is 0 Å². The summed E-state index contributed by atoms with van der Waals surface area (Å²) in [5.74, 6) is 0. The predicted molar refractivity (Wildman–Crippen MR) is 78.5 cm³/mol. The first-order valence-corrected chi connectivity index (χ1v) is 6.63. The average molecular weight is 255 g/mol. The summed E-state index contributed by atoms with van der Waals surface area (Å²) in [6.07, 6.45) is 0. The van der Waals surface area contributed by atoms with Crippen LogP contribution in [0, 0.1) is 6.92 Å². The molecule has 3 N–H and O–H groups in total. The summed E-state index contributed by atoms with van der Waals surface area (Å²) >= 11 is 1.67. The van der Waals surface area contributed by atoms with Crippen LogP contribution < -0.4 is 11.1 Å². The number of fused-ring (bicyclic) bond motifs is 1. The van der Waals surface area contributed by atoms with E-state index in [9.17, 15) is 0 Å². The normalized spacial score (nSPS) is 10.7. The molecule has 90 valence electrons. The second-order valence-corrected chi connectivity index (χ2v) is 5.00. The summed E-state index contributed by atoms with van der Waals surface area (Å²) in [6.45, 7) is 1.99. The van der Waals surface area contributed by atoms with Crippen molar-refractivity contribution in [2.24, 2.45) is 0 Å². The Balaban J connectivity index is 2.17. The Hall–Kier alpha value is -2.07. The average Bonchev–Trinajstić information content (AvgIpc) is 2.83. The van der Waals surface area contributed by atoms with Gasteiger partial charge >= 0.3 is 0 Å². The van der Waals surface area contributed by atoms with E-state index in [2.05, 4.69) is 21.7 Å². The Morgan fingerprint density at radius 3 is 2.89 bits per heavy atom. The largest absolute Gasteiger partial charge is 0.399 e. The molecule has 0 unspecified atom stereocenters. The van der Waals surface area contributed by atoms with E-state index in [-0.39, 0.29) is 0 Å². The molecule has 0 saturated carbocycles. The maximum atomic E-state index is 5.85. The smallest absolute Gasteiger partial charge is 0.0727 e. The van der Waals surface area contributed by atoms with E-state index in [0.29, 0.717) is 0 Å². The van der Waals surface area contributed by atoms with Crippen molar-refractivity contribution < 1.29 is 0 Å². The Morgan fingerprint density at radius 2 is 2.11 bits per heavy atom. The molecule has 3 rings (SSSR count). The molecule has 0 spiro atoms. The Kier molecular flexibility index (Phi) is 2.64. The van der Waals surface area contributed by atoms with E-state index in [1.807, 2.05) is 36.6 Å². The van der Waals surface area contributed by atoms with E-state index in [4.69, 9.17) is 5.73 Å². The quantitative estimate of drug-likeness (QED) is 0.682. The van der Waals surface area contributed by atoms with Crippen molar-refractivity contribution in [3.05, 3.63) is 46.8 Å². The lowest BCUT2D eigenvalue weighted by molar-refractivity contribution is 1.25.